The molecule has 290 valence electrons. The van der Waals surface area contributed by atoms with E-state index in [1.54, 1.807) is 0 Å². The van der Waals surface area contributed by atoms with Crippen molar-refractivity contribution in [2.45, 2.75) is 90.8 Å². The number of nitrogens with zero attached hydrogens (tertiary/aromatic N) is 5. The standard InChI is InChI=1S/C42H52N8O5/c1-26-28(7-4-9-30(26)45-38(52)33-23-36-32(43-18-22-51)11-6-19-50(36)47-33)29-8-5-10-31(27(29)2)46-39(53)37-44-34-24-49(20-12-35(34)48(37)3)21-17-41-13-15-42(25-41,16-14-41)40(54)55/h4-5,7-10,23,32,43,51H,6,11-22,24-25H2,1-3H3,(H,45,52)(H,46,53)(H,54,55). The number of rotatable bonds is 12. The molecule has 2 amide bonds. The molecule has 13 nitrogen and oxygen atoms in total. The number of imidazole rings is 1. The fourth-order valence-electron chi connectivity index (χ4n) is 9.86. The number of carboxylic acid groups (broad SMARTS) is 1. The molecule has 2 fully saturated rings. The molecule has 4 aromatic rings. The van der Waals surface area contributed by atoms with Crippen LogP contribution in [0, 0.1) is 24.7 Å². The summed E-state index contributed by atoms with van der Waals surface area (Å²) in [5, 5.41) is 33.3. The largest absolute Gasteiger partial charge is 0.481 e. The Kier molecular flexibility index (Phi) is 9.89. The number of fused-ring (bicyclic) bond motifs is 4. The summed E-state index contributed by atoms with van der Waals surface area (Å²) >= 11 is 0. The molecule has 2 aliphatic carbocycles. The van der Waals surface area contributed by atoms with E-state index in [1.165, 1.54) is 0 Å². The van der Waals surface area contributed by atoms with Gasteiger partial charge in [-0.25, -0.2) is 4.98 Å². The predicted molar refractivity (Wildman–Crippen MR) is 209 cm³/mol. The third-order valence-corrected chi connectivity index (χ3v) is 13.2. The maximum absolute atomic E-state index is 13.8. The Balaban J connectivity index is 0.937. The van der Waals surface area contributed by atoms with Gasteiger partial charge >= 0.3 is 5.97 Å². The molecule has 2 aromatic carbocycles. The number of aromatic nitrogens is 4. The van der Waals surface area contributed by atoms with Crippen molar-refractivity contribution >= 4 is 29.2 Å². The van der Waals surface area contributed by atoms with Gasteiger partial charge in [0.2, 0.25) is 0 Å². The van der Waals surface area contributed by atoms with Gasteiger partial charge in [-0.15, -0.1) is 0 Å². The van der Waals surface area contributed by atoms with Crippen molar-refractivity contribution in [1.82, 2.24) is 29.5 Å². The van der Waals surface area contributed by atoms with Gasteiger partial charge in [-0.05, 0) is 118 Å². The second-order valence-electron chi connectivity index (χ2n) is 16.3. The molecule has 4 heterocycles. The predicted octanol–water partition coefficient (Wildman–Crippen LogP) is 5.61. The topological polar surface area (TPSA) is 167 Å². The highest BCUT2D eigenvalue weighted by Gasteiger charge is 2.57. The summed E-state index contributed by atoms with van der Waals surface area (Å²) in [6, 6.07) is 13.6. The van der Waals surface area contributed by atoms with Crippen LogP contribution in [0.2, 0.25) is 0 Å². The van der Waals surface area contributed by atoms with Crippen molar-refractivity contribution in [1.29, 1.82) is 0 Å². The Labute approximate surface area is 321 Å². The van der Waals surface area contributed by atoms with Crippen molar-refractivity contribution in [3.8, 4) is 11.1 Å². The molecular formula is C42H52N8O5. The van der Waals surface area contributed by atoms with Crippen LogP contribution in [0.15, 0.2) is 42.5 Å². The molecule has 2 aromatic heterocycles. The molecule has 13 heteroatoms. The monoisotopic (exact) mass is 748 g/mol. The molecule has 0 saturated heterocycles. The van der Waals surface area contributed by atoms with Crippen LogP contribution in [0.1, 0.15) is 107 Å². The molecule has 1 atom stereocenters. The molecule has 2 bridgehead atoms. The van der Waals surface area contributed by atoms with Crippen LogP contribution in [0.4, 0.5) is 11.4 Å². The fraction of sp³-hybridized carbons (Fsp3) is 0.500. The maximum Gasteiger partial charge on any atom is 0.309 e. The zero-order valence-corrected chi connectivity index (χ0v) is 32.1. The molecule has 55 heavy (non-hydrogen) atoms. The first kappa shape index (κ1) is 37.1. The van der Waals surface area contributed by atoms with Crippen molar-refractivity contribution in [3.05, 3.63) is 82.2 Å². The van der Waals surface area contributed by atoms with Crippen LogP contribution in [-0.4, -0.2) is 78.5 Å². The summed E-state index contributed by atoms with van der Waals surface area (Å²) in [6.07, 6.45) is 8.13. The Hall–Kier alpha value is -4.85. The first-order valence-corrected chi connectivity index (χ1v) is 19.7. The molecular weight excluding hydrogens is 697 g/mol. The molecule has 8 rings (SSSR count). The number of aliphatic hydroxyl groups is 1. The number of amides is 2. The zero-order valence-electron chi connectivity index (χ0n) is 32.1. The summed E-state index contributed by atoms with van der Waals surface area (Å²) in [6.45, 7) is 7.75. The number of benzene rings is 2. The third-order valence-electron chi connectivity index (χ3n) is 13.2. The number of nitrogens with one attached hydrogen (secondary N) is 3. The second kappa shape index (κ2) is 14.7. The lowest BCUT2D eigenvalue weighted by Crippen LogP contribution is -2.34. The summed E-state index contributed by atoms with van der Waals surface area (Å²) in [5.41, 5.74) is 8.05. The number of aliphatic carboxylic acids is 1. The average molecular weight is 749 g/mol. The minimum Gasteiger partial charge on any atom is -0.481 e. The van der Waals surface area contributed by atoms with Crippen LogP contribution in [0.3, 0.4) is 0 Å². The lowest BCUT2D eigenvalue weighted by atomic mass is 9.80. The van der Waals surface area contributed by atoms with E-state index in [1.807, 2.05) is 72.6 Å². The van der Waals surface area contributed by atoms with Gasteiger partial charge in [0.25, 0.3) is 11.8 Å². The first-order valence-electron chi connectivity index (χ1n) is 19.7. The average Bonchev–Trinajstić information content (AvgIpc) is 3.97. The van der Waals surface area contributed by atoms with Crippen LogP contribution in [-0.2, 0) is 31.4 Å². The minimum atomic E-state index is -0.617. The number of carbonyl (C=O) groups excluding carboxylic acids is 2. The smallest absolute Gasteiger partial charge is 0.309 e. The molecule has 5 N–H and O–H groups in total. The molecule has 2 aliphatic heterocycles. The number of carboxylic acids is 1. The quantitative estimate of drug-likeness (QED) is 0.124. The van der Waals surface area contributed by atoms with Gasteiger partial charge in [0, 0.05) is 62.8 Å². The number of aryl methyl sites for hydroxylation is 1. The van der Waals surface area contributed by atoms with Crippen LogP contribution < -0.4 is 16.0 Å². The Morgan fingerprint density at radius 2 is 1.64 bits per heavy atom. The zero-order chi connectivity index (χ0) is 38.5. The summed E-state index contributed by atoms with van der Waals surface area (Å²) in [4.78, 5) is 46.5. The highest BCUT2D eigenvalue weighted by Crippen LogP contribution is 2.63. The number of carbonyl (C=O) groups is 3. The molecule has 4 aliphatic rings. The van der Waals surface area contributed by atoms with E-state index in [0.717, 1.165) is 117 Å². The van der Waals surface area contributed by atoms with Crippen LogP contribution in [0.25, 0.3) is 11.1 Å². The summed E-state index contributed by atoms with van der Waals surface area (Å²) in [5.74, 6) is -0.784. The van der Waals surface area contributed by atoms with Crippen LogP contribution >= 0.6 is 0 Å². The van der Waals surface area contributed by atoms with Crippen LogP contribution in [0.5, 0.6) is 0 Å². The molecule has 1 unspecified atom stereocenters. The third kappa shape index (κ3) is 6.87. The number of hydrogen-bond donors (Lipinski definition) is 5. The van der Waals surface area contributed by atoms with Gasteiger partial charge in [0.15, 0.2) is 11.5 Å². The minimum absolute atomic E-state index is 0.0489. The summed E-state index contributed by atoms with van der Waals surface area (Å²) < 4.78 is 3.81. The van der Waals surface area contributed by atoms with E-state index in [9.17, 15) is 24.6 Å². The summed E-state index contributed by atoms with van der Waals surface area (Å²) in [7, 11) is 1.91. The fourth-order valence-corrected chi connectivity index (χ4v) is 9.86. The highest BCUT2D eigenvalue weighted by molar-refractivity contribution is 6.05. The molecule has 0 spiro atoms. The number of anilines is 2. The first-order chi connectivity index (χ1) is 26.5. The van der Waals surface area contributed by atoms with Gasteiger partial charge in [-0.3, -0.25) is 24.0 Å². The van der Waals surface area contributed by atoms with Crippen molar-refractivity contribution in [2.24, 2.45) is 17.9 Å². The number of hydrogen-bond acceptors (Lipinski definition) is 8. The highest BCUT2D eigenvalue weighted by atomic mass is 16.4. The number of aliphatic hydroxyl groups excluding tert-OH is 1. The van der Waals surface area contributed by atoms with E-state index in [4.69, 9.17) is 4.98 Å². The molecule has 0 radical (unpaired) electrons. The van der Waals surface area contributed by atoms with Crippen molar-refractivity contribution in [3.63, 3.8) is 0 Å². The van der Waals surface area contributed by atoms with E-state index < -0.39 is 11.4 Å². The van der Waals surface area contributed by atoms with E-state index in [2.05, 4.69) is 25.9 Å². The Bertz CT molecular complexity index is 2140. The van der Waals surface area contributed by atoms with Gasteiger partial charge in [-0.2, -0.15) is 5.10 Å². The van der Waals surface area contributed by atoms with Gasteiger partial charge in [0.1, 0.15) is 0 Å². The second-order valence-corrected chi connectivity index (χ2v) is 16.3. The van der Waals surface area contributed by atoms with E-state index in [-0.39, 0.29) is 29.9 Å². The van der Waals surface area contributed by atoms with Gasteiger partial charge < -0.3 is 30.7 Å². The SMILES string of the molecule is Cc1c(NC(=O)c2cc3n(n2)CCCC3NCCO)cccc1-c1cccc(NC(=O)c2nc3c(n2C)CCN(CCC24CCC(C(=O)O)(CC2)C4)C3)c1C. The lowest BCUT2D eigenvalue weighted by molar-refractivity contribution is -0.148. The maximum atomic E-state index is 13.8. The van der Waals surface area contributed by atoms with E-state index in [0.29, 0.717) is 36.0 Å². The van der Waals surface area contributed by atoms with Gasteiger partial charge in [0.05, 0.1) is 23.4 Å². The molecule has 2 saturated carbocycles. The van der Waals surface area contributed by atoms with E-state index >= 15 is 0 Å². The van der Waals surface area contributed by atoms with Crippen molar-refractivity contribution < 1.29 is 24.6 Å². The van der Waals surface area contributed by atoms with Crippen molar-refractivity contribution in [2.75, 3.05) is 36.9 Å². The van der Waals surface area contributed by atoms with Gasteiger partial charge in [-0.1, -0.05) is 24.3 Å². The Morgan fingerprint density at radius 1 is 0.945 bits per heavy atom. The lowest BCUT2D eigenvalue weighted by Gasteiger charge is -2.32. The Morgan fingerprint density at radius 3 is 2.29 bits per heavy atom. The normalized spacial score (nSPS) is 23.0.